The van der Waals surface area contributed by atoms with Gasteiger partial charge in [0.25, 0.3) is 0 Å². The van der Waals surface area contributed by atoms with Gasteiger partial charge in [0.1, 0.15) is 5.75 Å². The fourth-order valence-electron chi connectivity index (χ4n) is 1.68. The lowest BCUT2D eigenvalue weighted by Gasteiger charge is -2.06. The maximum atomic E-state index is 9.72. The molecule has 2 heteroatoms. The van der Waals surface area contributed by atoms with Gasteiger partial charge in [0.15, 0.2) is 0 Å². The van der Waals surface area contributed by atoms with Gasteiger partial charge in [0.05, 0.1) is 0 Å². The fraction of sp³-hybridized carbons (Fsp3) is 0.200. The smallest absolute Gasteiger partial charge is 0.119 e. The van der Waals surface area contributed by atoms with Crippen LogP contribution in [0.25, 0.3) is 0 Å². The number of phenols is 1. The van der Waals surface area contributed by atoms with Gasteiger partial charge in [-0.25, -0.2) is 0 Å². The fourth-order valence-corrected chi connectivity index (χ4v) is 2.66. The lowest BCUT2D eigenvalue weighted by molar-refractivity contribution is 0.470. The molecular formula is C15H16OS. The minimum absolute atomic E-state index is 0.399. The first-order valence-corrected chi connectivity index (χ1v) is 6.81. The van der Waals surface area contributed by atoms with Gasteiger partial charge in [-0.1, -0.05) is 48.0 Å². The first-order chi connectivity index (χ1) is 8.25. The molecule has 0 aliphatic rings. The Labute approximate surface area is 107 Å². The molecule has 0 saturated carbocycles. The van der Waals surface area contributed by atoms with Gasteiger partial charge in [0.2, 0.25) is 0 Å². The second-order valence-electron chi connectivity index (χ2n) is 4.11. The van der Waals surface area contributed by atoms with E-state index in [9.17, 15) is 5.11 Å². The molecule has 1 nitrogen and oxygen atoms in total. The summed E-state index contributed by atoms with van der Waals surface area (Å²) in [6, 6.07) is 16.1. The summed E-state index contributed by atoms with van der Waals surface area (Å²) in [4.78, 5) is 0. The maximum absolute atomic E-state index is 9.72. The summed E-state index contributed by atoms with van der Waals surface area (Å²) in [5, 5.41) is 9.72. The van der Waals surface area contributed by atoms with E-state index in [4.69, 9.17) is 0 Å². The molecule has 2 aromatic carbocycles. The first kappa shape index (κ1) is 12.1. The summed E-state index contributed by atoms with van der Waals surface area (Å²) < 4.78 is 0. The second kappa shape index (κ2) is 5.78. The Kier molecular flexibility index (Phi) is 4.10. The largest absolute Gasteiger partial charge is 0.508 e. The highest BCUT2D eigenvalue weighted by molar-refractivity contribution is 7.97. The summed E-state index contributed by atoms with van der Waals surface area (Å²) in [6.45, 7) is 2.05. The Morgan fingerprint density at radius 1 is 1.00 bits per heavy atom. The zero-order valence-electron chi connectivity index (χ0n) is 9.89. The molecule has 0 aliphatic carbocycles. The van der Waals surface area contributed by atoms with Crippen LogP contribution in [0.15, 0.2) is 48.5 Å². The maximum Gasteiger partial charge on any atom is 0.119 e. The van der Waals surface area contributed by atoms with E-state index in [0.29, 0.717) is 5.75 Å². The monoisotopic (exact) mass is 244 g/mol. The lowest BCUT2D eigenvalue weighted by Crippen LogP contribution is -1.85. The summed E-state index contributed by atoms with van der Waals surface area (Å²) in [5.41, 5.74) is 3.54. The minimum Gasteiger partial charge on any atom is -0.508 e. The standard InChI is InChI=1S/C15H16OS/c1-12-7-8-15(16)14(9-12)11-17-10-13-5-3-2-4-6-13/h2-9,16H,10-11H2,1H3. The van der Waals surface area contributed by atoms with E-state index < -0.39 is 0 Å². The van der Waals surface area contributed by atoms with Crippen LogP contribution < -0.4 is 0 Å². The quantitative estimate of drug-likeness (QED) is 0.872. The molecule has 0 heterocycles. The van der Waals surface area contributed by atoms with Crippen LogP contribution >= 0.6 is 11.8 Å². The van der Waals surface area contributed by atoms with Crippen molar-refractivity contribution in [1.82, 2.24) is 0 Å². The Morgan fingerprint density at radius 2 is 1.76 bits per heavy atom. The van der Waals surface area contributed by atoms with Crippen molar-refractivity contribution in [2.75, 3.05) is 0 Å². The molecule has 0 fully saturated rings. The third-order valence-electron chi connectivity index (χ3n) is 2.60. The average molecular weight is 244 g/mol. The van der Waals surface area contributed by atoms with E-state index in [1.807, 2.05) is 36.9 Å². The van der Waals surface area contributed by atoms with E-state index in [1.165, 1.54) is 11.1 Å². The number of aryl methyl sites for hydroxylation is 1. The van der Waals surface area contributed by atoms with Crippen LogP contribution in [0.5, 0.6) is 5.75 Å². The zero-order valence-corrected chi connectivity index (χ0v) is 10.7. The third kappa shape index (κ3) is 3.53. The van der Waals surface area contributed by atoms with E-state index >= 15 is 0 Å². The number of aromatic hydroxyl groups is 1. The predicted molar refractivity (Wildman–Crippen MR) is 74.3 cm³/mol. The molecule has 0 radical (unpaired) electrons. The van der Waals surface area contributed by atoms with Crippen molar-refractivity contribution in [3.63, 3.8) is 0 Å². The van der Waals surface area contributed by atoms with Gasteiger partial charge in [-0.15, -0.1) is 0 Å². The first-order valence-electron chi connectivity index (χ1n) is 5.66. The Hall–Kier alpha value is -1.41. The molecular weight excluding hydrogens is 228 g/mol. The van der Waals surface area contributed by atoms with Crippen molar-refractivity contribution in [2.24, 2.45) is 0 Å². The van der Waals surface area contributed by atoms with Crippen molar-refractivity contribution in [3.8, 4) is 5.75 Å². The van der Waals surface area contributed by atoms with Crippen LogP contribution in [0.1, 0.15) is 16.7 Å². The van der Waals surface area contributed by atoms with Crippen molar-refractivity contribution in [1.29, 1.82) is 0 Å². The molecule has 0 saturated heterocycles. The highest BCUT2D eigenvalue weighted by atomic mass is 32.2. The molecule has 0 amide bonds. The Balaban J connectivity index is 1.92. The van der Waals surface area contributed by atoms with Gasteiger partial charge >= 0.3 is 0 Å². The number of benzene rings is 2. The summed E-state index contributed by atoms with van der Waals surface area (Å²) in [6.07, 6.45) is 0. The Morgan fingerprint density at radius 3 is 2.53 bits per heavy atom. The topological polar surface area (TPSA) is 20.2 Å². The number of rotatable bonds is 4. The molecule has 1 N–H and O–H groups in total. The van der Waals surface area contributed by atoms with E-state index in [2.05, 4.69) is 24.3 Å². The number of phenolic OH excluding ortho intramolecular Hbond substituents is 1. The van der Waals surface area contributed by atoms with E-state index in [-0.39, 0.29) is 0 Å². The summed E-state index contributed by atoms with van der Waals surface area (Å²) in [7, 11) is 0. The predicted octanol–water partition coefficient (Wildman–Crippen LogP) is 4.13. The van der Waals surface area contributed by atoms with Crippen molar-refractivity contribution >= 4 is 11.8 Å². The van der Waals surface area contributed by atoms with E-state index in [1.54, 1.807) is 6.07 Å². The lowest BCUT2D eigenvalue weighted by atomic mass is 10.1. The summed E-state index contributed by atoms with van der Waals surface area (Å²) in [5.74, 6) is 2.23. The van der Waals surface area contributed by atoms with Gasteiger partial charge in [-0.05, 0) is 18.6 Å². The third-order valence-corrected chi connectivity index (χ3v) is 3.66. The van der Waals surface area contributed by atoms with Gasteiger partial charge in [0, 0.05) is 17.1 Å². The van der Waals surface area contributed by atoms with Crippen LogP contribution in [-0.2, 0) is 11.5 Å². The SMILES string of the molecule is Cc1ccc(O)c(CSCc2ccccc2)c1. The summed E-state index contributed by atoms with van der Waals surface area (Å²) >= 11 is 1.82. The molecule has 0 aliphatic heterocycles. The molecule has 0 bridgehead atoms. The number of thioether (sulfide) groups is 1. The van der Waals surface area contributed by atoms with Crippen LogP contribution in [-0.4, -0.2) is 5.11 Å². The van der Waals surface area contributed by atoms with Crippen LogP contribution in [0.3, 0.4) is 0 Å². The van der Waals surface area contributed by atoms with Gasteiger partial charge in [-0.2, -0.15) is 11.8 Å². The second-order valence-corrected chi connectivity index (χ2v) is 5.10. The number of hydrogen-bond acceptors (Lipinski definition) is 2. The van der Waals surface area contributed by atoms with E-state index in [0.717, 1.165) is 17.1 Å². The minimum atomic E-state index is 0.399. The highest BCUT2D eigenvalue weighted by Crippen LogP contribution is 2.25. The van der Waals surface area contributed by atoms with Crippen molar-refractivity contribution in [2.45, 2.75) is 18.4 Å². The molecule has 88 valence electrons. The normalized spacial score (nSPS) is 10.4. The molecule has 0 aromatic heterocycles. The van der Waals surface area contributed by atoms with Crippen LogP contribution in [0, 0.1) is 6.92 Å². The van der Waals surface area contributed by atoms with Crippen LogP contribution in [0.4, 0.5) is 0 Å². The average Bonchev–Trinajstić information content (AvgIpc) is 2.35. The van der Waals surface area contributed by atoms with Crippen molar-refractivity contribution < 1.29 is 5.11 Å². The molecule has 0 atom stereocenters. The van der Waals surface area contributed by atoms with Gasteiger partial charge in [-0.3, -0.25) is 0 Å². The van der Waals surface area contributed by atoms with Crippen LogP contribution in [0.2, 0.25) is 0 Å². The molecule has 17 heavy (non-hydrogen) atoms. The number of hydrogen-bond donors (Lipinski definition) is 1. The molecule has 0 spiro atoms. The molecule has 0 unspecified atom stereocenters. The molecule has 2 aromatic rings. The van der Waals surface area contributed by atoms with Gasteiger partial charge < -0.3 is 5.11 Å². The highest BCUT2D eigenvalue weighted by Gasteiger charge is 2.01. The molecule has 2 rings (SSSR count). The Bertz CT molecular complexity index is 480. The zero-order chi connectivity index (χ0) is 12.1. The van der Waals surface area contributed by atoms with Crippen molar-refractivity contribution in [3.05, 3.63) is 65.2 Å².